The summed E-state index contributed by atoms with van der Waals surface area (Å²) < 4.78 is 5.18. The van der Waals surface area contributed by atoms with E-state index in [2.05, 4.69) is 5.32 Å². The number of ether oxygens (including phenoxy) is 1. The number of rotatable bonds is 5. The monoisotopic (exact) mass is 251 g/mol. The molecule has 0 spiro atoms. The van der Waals surface area contributed by atoms with E-state index in [1.165, 1.54) is 14.0 Å². The standard InChI is InChI=1S/C13H17NO4/c1-8-4-5-12(18-3)10(6-8)7-11(13(16)17)14-9(2)15/h4-6,11H,7H2,1-3H3,(H,14,15)(H,16,17). The Kier molecular flexibility index (Phi) is 4.71. The lowest BCUT2D eigenvalue weighted by Crippen LogP contribution is -2.41. The number of aliphatic carboxylic acids is 1. The van der Waals surface area contributed by atoms with E-state index < -0.39 is 12.0 Å². The van der Waals surface area contributed by atoms with Crippen molar-refractivity contribution in [3.8, 4) is 5.75 Å². The molecular formula is C13H17NO4. The molecule has 0 fully saturated rings. The van der Waals surface area contributed by atoms with Crippen molar-refractivity contribution < 1.29 is 19.4 Å². The zero-order valence-corrected chi connectivity index (χ0v) is 10.7. The highest BCUT2D eigenvalue weighted by Gasteiger charge is 2.20. The van der Waals surface area contributed by atoms with Crippen LogP contribution in [0.25, 0.3) is 0 Å². The first-order valence-corrected chi connectivity index (χ1v) is 5.57. The maximum Gasteiger partial charge on any atom is 0.326 e. The first-order valence-electron chi connectivity index (χ1n) is 5.57. The SMILES string of the molecule is COc1ccc(C)cc1CC(NC(C)=O)C(=O)O. The summed E-state index contributed by atoms with van der Waals surface area (Å²) in [6.07, 6.45) is 0.194. The van der Waals surface area contributed by atoms with Gasteiger partial charge >= 0.3 is 5.97 Å². The zero-order chi connectivity index (χ0) is 13.7. The Labute approximate surface area is 106 Å². The maximum absolute atomic E-state index is 11.1. The van der Waals surface area contributed by atoms with Gasteiger partial charge in [-0.15, -0.1) is 0 Å². The highest BCUT2D eigenvalue weighted by molar-refractivity contribution is 5.82. The minimum absolute atomic E-state index is 0.194. The van der Waals surface area contributed by atoms with Crippen LogP contribution in [0.1, 0.15) is 18.1 Å². The lowest BCUT2D eigenvalue weighted by Gasteiger charge is -2.15. The van der Waals surface area contributed by atoms with Crippen LogP contribution in [0.5, 0.6) is 5.75 Å². The van der Waals surface area contributed by atoms with Crippen LogP contribution in [-0.2, 0) is 16.0 Å². The van der Waals surface area contributed by atoms with Crippen LogP contribution >= 0.6 is 0 Å². The molecule has 0 aliphatic heterocycles. The third-order valence-electron chi connectivity index (χ3n) is 2.54. The zero-order valence-electron chi connectivity index (χ0n) is 10.7. The molecule has 0 radical (unpaired) electrons. The lowest BCUT2D eigenvalue weighted by molar-refractivity contribution is -0.141. The number of aryl methyl sites for hydroxylation is 1. The molecule has 2 N–H and O–H groups in total. The summed E-state index contributed by atoms with van der Waals surface area (Å²) >= 11 is 0. The van der Waals surface area contributed by atoms with E-state index in [1.807, 2.05) is 19.1 Å². The number of hydrogen-bond acceptors (Lipinski definition) is 3. The van der Waals surface area contributed by atoms with E-state index in [1.54, 1.807) is 6.07 Å². The Morgan fingerprint density at radius 2 is 2.11 bits per heavy atom. The summed E-state index contributed by atoms with van der Waals surface area (Å²) in [6, 6.07) is 4.59. The highest BCUT2D eigenvalue weighted by Crippen LogP contribution is 2.21. The van der Waals surface area contributed by atoms with Crippen molar-refractivity contribution in [2.45, 2.75) is 26.3 Å². The van der Waals surface area contributed by atoms with Crippen molar-refractivity contribution in [1.29, 1.82) is 0 Å². The van der Waals surface area contributed by atoms with Crippen molar-refractivity contribution in [2.75, 3.05) is 7.11 Å². The number of carboxylic acids is 1. The van der Waals surface area contributed by atoms with E-state index in [0.717, 1.165) is 11.1 Å². The van der Waals surface area contributed by atoms with Gasteiger partial charge in [0.2, 0.25) is 5.91 Å². The van der Waals surface area contributed by atoms with Gasteiger partial charge in [-0.05, 0) is 18.6 Å². The number of carboxylic acid groups (broad SMARTS) is 1. The number of amides is 1. The predicted molar refractivity (Wildman–Crippen MR) is 66.7 cm³/mol. The Hall–Kier alpha value is -2.04. The third kappa shape index (κ3) is 3.76. The molecule has 98 valence electrons. The van der Waals surface area contributed by atoms with Crippen LogP contribution in [-0.4, -0.2) is 30.1 Å². The molecule has 0 aliphatic carbocycles. The second kappa shape index (κ2) is 6.05. The van der Waals surface area contributed by atoms with E-state index in [9.17, 15) is 9.59 Å². The Bertz CT molecular complexity index is 456. The van der Waals surface area contributed by atoms with Gasteiger partial charge in [-0.2, -0.15) is 0 Å². The van der Waals surface area contributed by atoms with Crippen molar-refractivity contribution >= 4 is 11.9 Å². The van der Waals surface area contributed by atoms with E-state index in [-0.39, 0.29) is 12.3 Å². The minimum Gasteiger partial charge on any atom is -0.496 e. The molecule has 1 aromatic rings. The van der Waals surface area contributed by atoms with Gasteiger partial charge in [-0.25, -0.2) is 4.79 Å². The molecule has 0 aliphatic rings. The van der Waals surface area contributed by atoms with E-state index >= 15 is 0 Å². The second-order valence-electron chi connectivity index (χ2n) is 4.11. The van der Waals surface area contributed by atoms with Crippen molar-refractivity contribution in [3.05, 3.63) is 29.3 Å². The molecule has 1 aromatic carbocycles. The van der Waals surface area contributed by atoms with Crippen molar-refractivity contribution in [3.63, 3.8) is 0 Å². The molecule has 18 heavy (non-hydrogen) atoms. The Morgan fingerprint density at radius 1 is 1.44 bits per heavy atom. The maximum atomic E-state index is 11.1. The molecular weight excluding hydrogens is 234 g/mol. The fraction of sp³-hybridized carbons (Fsp3) is 0.385. The summed E-state index contributed by atoms with van der Waals surface area (Å²) in [5.74, 6) is -0.806. The first kappa shape index (κ1) is 14.0. The molecule has 1 amide bonds. The fourth-order valence-corrected chi connectivity index (χ4v) is 1.73. The van der Waals surface area contributed by atoms with Crippen LogP contribution < -0.4 is 10.1 Å². The third-order valence-corrected chi connectivity index (χ3v) is 2.54. The fourth-order valence-electron chi connectivity index (χ4n) is 1.73. The van der Waals surface area contributed by atoms with Gasteiger partial charge in [0.1, 0.15) is 11.8 Å². The number of carbonyl (C=O) groups excluding carboxylic acids is 1. The van der Waals surface area contributed by atoms with Crippen LogP contribution in [0.2, 0.25) is 0 Å². The molecule has 1 rings (SSSR count). The number of methoxy groups -OCH3 is 1. The number of carbonyl (C=O) groups is 2. The van der Waals surface area contributed by atoms with E-state index in [4.69, 9.17) is 9.84 Å². The molecule has 0 aromatic heterocycles. The predicted octanol–water partition coefficient (Wildman–Crippen LogP) is 1.14. The Balaban J connectivity index is 2.95. The second-order valence-corrected chi connectivity index (χ2v) is 4.11. The van der Waals surface area contributed by atoms with Gasteiger partial charge in [-0.1, -0.05) is 17.7 Å². The lowest BCUT2D eigenvalue weighted by atomic mass is 10.0. The molecule has 1 atom stereocenters. The normalized spacial score (nSPS) is 11.7. The van der Waals surface area contributed by atoms with Gasteiger partial charge in [-0.3, -0.25) is 4.79 Å². The van der Waals surface area contributed by atoms with Gasteiger partial charge in [0, 0.05) is 13.3 Å². The quantitative estimate of drug-likeness (QED) is 0.822. The Morgan fingerprint density at radius 3 is 2.61 bits per heavy atom. The average molecular weight is 251 g/mol. The molecule has 0 heterocycles. The van der Waals surface area contributed by atoms with E-state index in [0.29, 0.717) is 5.75 Å². The summed E-state index contributed by atoms with van der Waals surface area (Å²) in [4.78, 5) is 22.0. The van der Waals surface area contributed by atoms with Crippen molar-refractivity contribution in [2.24, 2.45) is 0 Å². The summed E-state index contributed by atoms with van der Waals surface area (Å²) in [6.45, 7) is 3.21. The minimum atomic E-state index is -1.06. The molecule has 5 heteroatoms. The van der Waals surface area contributed by atoms with Gasteiger partial charge in [0.05, 0.1) is 7.11 Å². The number of hydrogen-bond donors (Lipinski definition) is 2. The van der Waals surface area contributed by atoms with Gasteiger partial charge < -0.3 is 15.2 Å². The highest BCUT2D eigenvalue weighted by atomic mass is 16.5. The average Bonchev–Trinajstić information content (AvgIpc) is 2.27. The number of nitrogens with one attached hydrogen (secondary N) is 1. The van der Waals surface area contributed by atoms with Crippen LogP contribution in [0.4, 0.5) is 0 Å². The number of benzene rings is 1. The topological polar surface area (TPSA) is 75.6 Å². The molecule has 0 saturated heterocycles. The summed E-state index contributed by atoms with van der Waals surface area (Å²) in [5.41, 5.74) is 1.77. The largest absolute Gasteiger partial charge is 0.496 e. The summed E-state index contributed by atoms with van der Waals surface area (Å²) in [5, 5.41) is 11.5. The first-order chi connectivity index (χ1) is 8.43. The summed E-state index contributed by atoms with van der Waals surface area (Å²) in [7, 11) is 1.53. The van der Waals surface area contributed by atoms with Crippen LogP contribution in [0, 0.1) is 6.92 Å². The van der Waals surface area contributed by atoms with Crippen LogP contribution in [0.15, 0.2) is 18.2 Å². The van der Waals surface area contributed by atoms with Gasteiger partial charge in [0.15, 0.2) is 0 Å². The molecule has 5 nitrogen and oxygen atoms in total. The van der Waals surface area contributed by atoms with Crippen LogP contribution in [0.3, 0.4) is 0 Å². The molecule has 1 unspecified atom stereocenters. The van der Waals surface area contributed by atoms with Gasteiger partial charge in [0.25, 0.3) is 0 Å². The molecule has 0 saturated carbocycles. The molecule has 0 bridgehead atoms. The smallest absolute Gasteiger partial charge is 0.326 e. The van der Waals surface area contributed by atoms with Crippen molar-refractivity contribution in [1.82, 2.24) is 5.32 Å².